The van der Waals surface area contributed by atoms with Crippen molar-refractivity contribution in [3.63, 3.8) is 0 Å². The predicted molar refractivity (Wildman–Crippen MR) is 476 cm³/mol. The topological polar surface area (TPSA) is 272 Å². The van der Waals surface area contributed by atoms with E-state index in [1.807, 2.05) is 62.3 Å². The molecule has 0 saturated heterocycles. The third kappa shape index (κ3) is 19.1. The van der Waals surface area contributed by atoms with Crippen molar-refractivity contribution in [2.45, 2.75) is 390 Å². The van der Waals surface area contributed by atoms with E-state index in [9.17, 15) is 52.8 Å². The average Bonchev–Trinajstić information content (AvgIpc) is 1.39. The number of ketones is 4. The molecule has 23 heteroatoms. The molecule has 4 aromatic rings. The lowest BCUT2D eigenvalue weighted by Crippen LogP contribution is -2.53. The molecule has 12 unspecified atom stereocenters. The lowest BCUT2D eigenvalue weighted by Gasteiger charge is -2.57. The fraction of sp³-hybridized carbons (Fsp3) is 0.881. The summed E-state index contributed by atoms with van der Waals surface area (Å²) < 4.78 is 45.1. The van der Waals surface area contributed by atoms with Crippen LogP contribution >= 0.6 is 0 Å². The Morgan fingerprint density at radius 3 is 0.968 bits per heavy atom. The quantitative estimate of drug-likeness (QED) is 0.0861. The van der Waals surface area contributed by atoms with E-state index in [2.05, 4.69) is 75.8 Å². The number of rotatable bonds is 15. The first-order chi connectivity index (χ1) is 59.6. The molecule has 4 N–H and O–H groups in total. The van der Waals surface area contributed by atoms with E-state index < -0.39 is 35.5 Å². The molecule has 20 nitrogen and oxygen atoms in total. The van der Waals surface area contributed by atoms with Gasteiger partial charge >= 0.3 is 0 Å². The lowest BCUT2D eigenvalue weighted by atomic mass is 9.48. The van der Waals surface area contributed by atoms with Crippen LogP contribution in [-0.4, -0.2) is 139 Å². The van der Waals surface area contributed by atoms with Gasteiger partial charge in [0.25, 0.3) is 6.43 Å². The van der Waals surface area contributed by atoms with Gasteiger partial charge in [-0.2, -0.15) is 15.0 Å². The van der Waals surface area contributed by atoms with E-state index in [1.54, 1.807) is 63.6 Å². The smallest absolute Gasteiger partial charge is 0.266 e. The van der Waals surface area contributed by atoms with Gasteiger partial charge in [-0.25, -0.2) is 27.2 Å². The fourth-order valence-electron chi connectivity index (χ4n) is 33.0. The van der Waals surface area contributed by atoms with Gasteiger partial charge in [-0.1, -0.05) is 106 Å². The van der Waals surface area contributed by atoms with Gasteiger partial charge in [0.2, 0.25) is 0 Å². The van der Waals surface area contributed by atoms with Crippen molar-refractivity contribution in [2.75, 3.05) is 6.67 Å². The van der Waals surface area contributed by atoms with Crippen LogP contribution in [0.3, 0.4) is 0 Å². The number of carbonyl (C=O) groups excluding carboxylic acids is 4. The van der Waals surface area contributed by atoms with Crippen molar-refractivity contribution >= 4 is 23.1 Å². The number of alkyl halides is 3. The van der Waals surface area contributed by atoms with Crippen LogP contribution in [-0.2, 0) is 45.4 Å². The molecule has 4 aromatic heterocycles. The molecule has 4 heterocycles. The monoisotopic (exact) mass is 1730 g/mol. The summed E-state index contributed by atoms with van der Waals surface area (Å²) in [4.78, 5) is 54.0. The highest BCUT2D eigenvalue weighted by molar-refractivity contribution is 5.83. The molecule has 696 valence electrons. The van der Waals surface area contributed by atoms with Crippen molar-refractivity contribution in [3.05, 3.63) is 49.6 Å². The van der Waals surface area contributed by atoms with Crippen molar-refractivity contribution < 1.29 is 52.8 Å². The minimum absolute atomic E-state index is 0.0383. The molecule has 16 fully saturated rings. The summed E-state index contributed by atoms with van der Waals surface area (Å²) in [5, 5.41) is 74.0. The predicted octanol–water partition coefficient (Wildman–Crippen LogP) is 20.2. The molecule has 16 saturated carbocycles. The summed E-state index contributed by atoms with van der Waals surface area (Å²) in [6, 6.07) is 0. The van der Waals surface area contributed by atoms with Gasteiger partial charge in [0, 0.05) is 42.3 Å². The van der Waals surface area contributed by atoms with Crippen LogP contribution in [0.15, 0.2) is 49.6 Å². The molecular formula is C101H163F3N12O8. The number of fused-ring (bicyclic) bond motifs is 20. The molecule has 124 heavy (non-hydrogen) atoms. The maximum atomic E-state index is 13.4. The molecule has 0 spiro atoms. The summed E-state index contributed by atoms with van der Waals surface area (Å²) in [5.74, 6) is 15.2. The Morgan fingerprint density at radius 2 is 0.645 bits per heavy atom. The third-order valence-corrected chi connectivity index (χ3v) is 38.5. The van der Waals surface area contributed by atoms with E-state index in [4.69, 9.17) is 0 Å². The maximum Gasteiger partial charge on any atom is 0.266 e. The van der Waals surface area contributed by atoms with Crippen molar-refractivity contribution in [1.29, 1.82) is 0 Å². The van der Waals surface area contributed by atoms with Crippen LogP contribution < -0.4 is 0 Å². The van der Waals surface area contributed by atoms with Crippen molar-refractivity contribution in [3.8, 4) is 0 Å². The van der Waals surface area contributed by atoms with E-state index in [-0.39, 0.29) is 76.4 Å². The number of halogens is 3. The summed E-state index contributed by atoms with van der Waals surface area (Å²) in [5.41, 5.74) is -3.19. The van der Waals surface area contributed by atoms with Crippen molar-refractivity contribution in [1.82, 2.24) is 60.0 Å². The zero-order chi connectivity index (χ0) is 89.1. The zero-order valence-corrected chi connectivity index (χ0v) is 78.7. The van der Waals surface area contributed by atoms with Gasteiger partial charge in [-0.3, -0.25) is 19.2 Å². The van der Waals surface area contributed by atoms with E-state index in [0.29, 0.717) is 115 Å². The zero-order valence-electron chi connectivity index (χ0n) is 78.7. The number of Topliss-reactive ketones (excluding diaryl/α,β-unsaturated/α-hetero) is 4. The highest BCUT2D eigenvalue weighted by atomic mass is 19.3. The second-order valence-electron chi connectivity index (χ2n) is 43.5. The first-order valence-electron chi connectivity index (χ1n) is 50.8. The molecule has 16 aliphatic rings. The second kappa shape index (κ2) is 40.3. The Kier molecular flexibility index (Phi) is 31.3. The molecule has 0 aliphatic heterocycles. The van der Waals surface area contributed by atoms with Crippen LogP contribution in [0.5, 0.6) is 0 Å². The highest BCUT2D eigenvalue weighted by Gasteiger charge is 2.65. The van der Waals surface area contributed by atoms with Gasteiger partial charge < -0.3 is 20.4 Å². The van der Waals surface area contributed by atoms with E-state index in [1.165, 1.54) is 94.7 Å². The summed E-state index contributed by atoms with van der Waals surface area (Å²) in [7, 11) is 0. The molecule has 0 radical (unpaired) electrons. The normalized spacial score (nSPS) is 43.8. The van der Waals surface area contributed by atoms with Gasteiger partial charge in [0.15, 0.2) is 23.1 Å². The first-order valence-corrected chi connectivity index (χ1v) is 50.8. The fourth-order valence-corrected chi connectivity index (χ4v) is 33.0. The summed E-state index contributed by atoms with van der Waals surface area (Å²) >= 11 is 0. The second-order valence-corrected chi connectivity index (χ2v) is 43.5. The third-order valence-electron chi connectivity index (χ3n) is 38.5. The number of hydrogen-bond acceptors (Lipinski definition) is 16. The van der Waals surface area contributed by atoms with Gasteiger partial charge in [0.05, 0.1) is 47.8 Å². The van der Waals surface area contributed by atoms with Crippen LogP contribution in [0.1, 0.15) is 335 Å². The number of aromatic nitrogens is 12. The van der Waals surface area contributed by atoms with Crippen LogP contribution in [0, 0.1) is 164 Å². The Labute approximate surface area is 741 Å². The Bertz CT molecular complexity index is 3920. The minimum atomic E-state index is -2.64. The molecular weight excluding hydrogens is 1570 g/mol. The minimum Gasteiger partial charge on any atom is -0.390 e. The lowest BCUT2D eigenvalue weighted by molar-refractivity contribution is -0.160. The molecule has 32 atom stereocenters. The molecule has 16 aliphatic carbocycles. The van der Waals surface area contributed by atoms with Crippen molar-refractivity contribution in [2.24, 2.45) is 164 Å². The van der Waals surface area contributed by atoms with Crippen LogP contribution in [0.4, 0.5) is 13.2 Å². The largest absolute Gasteiger partial charge is 0.390 e. The van der Waals surface area contributed by atoms with Crippen LogP contribution in [0.25, 0.3) is 0 Å². The SMILES string of the molecule is CC.CC.CC.CC.CC[C@@]1(O)CC[C@@H]2C3CC[C@@]4(C)C(CC[C@@H]4C(=O)Cn4ccnn4)C3CC[C@H]2C1.C[C@@]1(O)CC[C@@H]2C3CC[C@@]4(C)C(CC[C@@H]4C(=O)Cn4ccnn4)C3CC[C@H]2C1.C[C@]12CCC3C(CC[C@H]4C[C@@](O)(C(F)F)CC[C@H]34)C1CC[C@@H]2C(=O)Cn1nccn1.C[C@]12CCC3C(CC[C@H]4C[C@@](O)(CF)CC[C@H]34)C1CC[C@@H]2C(=O)Cn1ccnn1. The Balaban J connectivity index is 0.000000138. The molecule has 0 bridgehead atoms. The molecule has 0 aromatic carbocycles. The van der Waals surface area contributed by atoms with Crippen LogP contribution in [0.2, 0.25) is 0 Å². The Hall–Kier alpha value is -5.13. The highest BCUT2D eigenvalue weighted by Crippen LogP contribution is 2.70. The number of carbonyl (C=O) groups is 4. The van der Waals surface area contributed by atoms with Gasteiger partial charge in [-0.15, -0.1) is 15.3 Å². The summed E-state index contributed by atoms with van der Waals surface area (Å²) in [6.45, 7) is 30.5. The first kappa shape index (κ1) is 96.4. The van der Waals surface area contributed by atoms with E-state index >= 15 is 0 Å². The average molecular weight is 1730 g/mol. The maximum absolute atomic E-state index is 13.4. The molecule has 0 amide bonds. The molecule has 20 rings (SSSR count). The number of aliphatic hydroxyl groups is 4. The standard InChI is InChI=1S/C24H37N3O2.C23H33F2N3O2.C23H34FN3O2.C23H35N3O2.4C2H6/c1-3-24(29)11-9-17-16(14-24)4-5-19-18(17)8-10-23(2)20(19)6-7-21(23)22(28)15-27-13-12-25-26-27;1-22-8-6-16-15-7-9-23(30,21(24)25)12-14(15)2-3-17(16)18(22)4-5-19(22)20(29)13-28-26-10-11-27-28;1-22-8-6-17-16-7-9-23(29,14-24)12-15(16)2-3-18(17)19(22)4-5-20(22)21(28)13-27-11-10-25-26-27;1-22(28)9-7-16-15(13-22)3-4-18-17(16)8-10-23(2)19(18)5-6-20(23)21(27)14-26-12-11-24-25-26;4*1-2/h12-13,16-21,29H,3-11,14-15H2,1-2H3;10-11,14-19,21,30H,2-9,12-13H2,1H3;10-11,15-20,29H,2-9,12-14H2,1H3;11-12,15-20,28H,3-10,13-14H2,1-2H3;4*1-2H3/t16-,17-,18?,19?,20?,21+,23-,24+;14-,15-,16?,17?,18?,19+,22-,23+;15-,16-,17?,18?,19?,20+,22-,23+;15-,16-,17?,18?,19?,20+,22+,23-;;;;/m0000..../s1. The van der Waals surface area contributed by atoms with Gasteiger partial charge in [0.1, 0.15) is 38.5 Å². The Morgan fingerprint density at radius 1 is 0.347 bits per heavy atom. The van der Waals surface area contributed by atoms with Gasteiger partial charge in [-0.05, 0) is 385 Å². The number of nitrogens with zero attached hydrogens (tertiary/aromatic N) is 12. The van der Waals surface area contributed by atoms with E-state index in [0.717, 1.165) is 169 Å². The summed E-state index contributed by atoms with van der Waals surface area (Å²) in [6.07, 6.45) is 49.4. The number of hydrogen-bond donors (Lipinski definition) is 4.